The van der Waals surface area contributed by atoms with Gasteiger partial charge in [0, 0.05) is 19.2 Å². The van der Waals surface area contributed by atoms with Gasteiger partial charge in [0.2, 0.25) is 5.91 Å². The van der Waals surface area contributed by atoms with Gasteiger partial charge in [-0.15, -0.1) is 0 Å². The molecule has 0 radical (unpaired) electrons. The largest absolute Gasteiger partial charge is 0.393 e. The van der Waals surface area contributed by atoms with Crippen molar-refractivity contribution in [3.63, 3.8) is 0 Å². The summed E-state index contributed by atoms with van der Waals surface area (Å²) in [5.74, 6) is -0.539. The third-order valence-corrected chi connectivity index (χ3v) is 5.32. The summed E-state index contributed by atoms with van der Waals surface area (Å²) < 4.78 is 18.1. The molecule has 0 bridgehead atoms. The van der Waals surface area contributed by atoms with Crippen molar-refractivity contribution in [3.8, 4) is 0 Å². The highest BCUT2D eigenvalue weighted by molar-refractivity contribution is 6.06. The Balaban J connectivity index is 1.87. The molecule has 3 heterocycles. The van der Waals surface area contributed by atoms with Gasteiger partial charge in [-0.1, -0.05) is 6.92 Å². The lowest BCUT2D eigenvalue weighted by Crippen LogP contribution is -2.53. The van der Waals surface area contributed by atoms with Crippen LogP contribution in [0.4, 0.5) is 0 Å². The van der Waals surface area contributed by atoms with E-state index in [0.717, 1.165) is 19.3 Å². The molecule has 0 aromatic heterocycles. The van der Waals surface area contributed by atoms with Gasteiger partial charge in [-0.2, -0.15) is 0 Å². The Kier molecular flexibility index (Phi) is 5.29. The van der Waals surface area contributed by atoms with Crippen molar-refractivity contribution in [2.75, 3.05) is 13.2 Å². The number of carbonyl (C=O) groups is 2. The summed E-state index contributed by atoms with van der Waals surface area (Å²) in [7, 11) is 0. The van der Waals surface area contributed by atoms with Crippen LogP contribution in [0.15, 0.2) is 12.3 Å². The van der Waals surface area contributed by atoms with Gasteiger partial charge in [-0.3, -0.25) is 14.5 Å². The molecule has 4 atom stereocenters. The first-order chi connectivity index (χ1) is 11.9. The van der Waals surface area contributed by atoms with E-state index in [2.05, 4.69) is 0 Å². The standard InChI is InChI=1S/C18H27NO6/c1-3-18(12-20)11-17(2,24-15-6-4-5-9-23-15)16(25-18)19-8-7-13(21)10-14(19)22/h7-8,15-16,20H,3-6,9-12H2,1-2H3/t15?,16-,17-,18-/m1/s1. The molecule has 0 aromatic carbocycles. The molecule has 140 valence electrons. The molecule has 2 fully saturated rings. The number of rotatable bonds is 5. The zero-order valence-corrected chi connectivity index (χ0v) is 14.9. The van der Waals surface area contributed by atoms with Gasteiger partial charge >= 0.3 is 0 Å². The van der Waals surface area contributed by atoms with Crippen LogP contribution in [0.5, 0.6) is 0 Å². The fraction of sp³-hybridized carbons (Fsp3) is 0.778. The average Bonchev–Trinajstić information content (AvgIpc) is 2.89. The van der Waals surface area contributed by atoms with Crippen molar-refractivity contribution in [3.05, 3.63) is 12.3 Å². The number of ketones is 1. The molecule has 0 spiro atoms. The van der Waals surface area contributed by atoms with Gasteiger partial charge in [0.1, 0.15) is 5.60 Å². The molecule has 3 rings (SSSR count). The number of amides is 1. The first-order valence-electron chi connectivity index (χ1n) is 9.02. The molecule has 1 N–H and O–H groups in total. The third-order valence-electron chi connectivity index (χ3n) is 5.32. The van der Waals surface area contributed by atoms with Gasteiger partial charge in [0.05, 0.1) is 18.6 Å². The summed E-state index contributed by atoms with van der Waals surface area (Å²) in [5.41, 5.74) is -1.61. The molecule has 25 heavy (non-hydrogen) atoms. The van der Waals surface area contributed by atoms with E-state index >= 15 is 0 Å². The van der Waals surface area contributed by atoms with E-state index in [1.54, 1.807) is 0 Å². The molecule has 3 aliphatic heterocycles. The van der Waals surface area contributed by atoms with Crippen LogP contribution in [-0.4, -0.2) is 58.6 Å². The molecule has 7 nitrogen and oxygen atoms in total. The summed E-state index contributed by atoms with van der Waals surface area (Å²) in [4.78, 5) is 25.3. The number of aliphatic hydroxyl groups is 1. The quantitative estimate of drug-likeness (QED) is 0.754. The van der Waals surface area contributed by atoms with Crippen LogP contribution in [0.25, 0.3) is 0 Å². The highest BCUT2D eigenvalue weighted by atomic mass is 16.7. The number of aliphatic hydroxyl groups excluding tert-OH is 1. The van der Waals surface area contributed by atoms with Crippen molar-refractivity contribution in [1.29, 1.82) is 0 Å². The smallest absolute Gasteiger partial charge is 0.236 e. The van der Waals surface area contributed by atoms with Crippen LogP contribution in [-0.2, 0) is 23.8 Å². The van der Waals surface area contributed by atoms with Crippen LogP contribution in [0.3, 0.4) is 0 Å². The second-order valence-corrected chi connectivity index (χ2v) is 7.33. The van der Waals surface area contributed by atoms with E-state index in [1.807, 2.05) is 13.8 Å². The lowest BCUT2D eigenvalue weighted by Gasteiger charge is -2.39. The van der Waals surface area contributed by atoms with E-state index < -0.39 is 17.4 Å². The summed E-state index contributed by atoms with van der Waals surface area (Å²) in [5, 5.41) is 9.89. The molecular weight excluding hydrogens is 326 g/mol. The average molecular weight is 353 g/mol. The molecule has 0 aromatic rings. The maximum atomic E-state index is 12.4. The molecule has 3 aliphatic rings. The van der Waals surface area contributed by atoms with E-state index in [0.29, 0.717) is 19.4 Å². The van der Waals surface area contributed by atoms with E-state index in [9.17, 15) is 14.7 Å². The Morgan fingerprint density at radius 1 is 1.40 bits per heavy atom. The number of carbonyl (C=O) groups excluding carboxylic acids is 2. The van der Waals surface area contributed by atoms with Gasteiger partial charge in [-0.05, 0) is 38.7 Å². The number of hydrogen-bond donors (Lipinski definition) is 1. The molecule has 1 amide bonds. The Morgan fingerprint density at radius 2 is 2.20 bits per heavy atom. The number of nitrogens with zero attached hydrogens (tertiary/aromatic N) is 1. The first kappa shape index (κ1) is 18.5. The Labute approximate surface area is 147 Å². The minimum absolute atomic E-state index is 0.158. The third kappa shape index (κ3) is 3.65. The first-order valence-corrected chi connectivity index (χ1v) is 9.02. The second-order valence-electron chi connectivity index (χ2n) is 7.33. The van der Waals surface area contributed by atoms with Crippen molar-refractivity contribution in [2.24, 2.45) is 0 Å². The predicted molar refractivity (Wildman–Crippen MR) is 88.3 cm³/mol. The van der Waals surface area contributed by atoms with Crippen molar-refractivity contribution in [1.82, 2.24) is 4.90 Å². The number of ether oxygens (including phenoxy) is 3. The fourth-order valence-electron chi connectivity index (χ4n) is 3.85. The Hall–Kier alpha value is -1.28. The summed E-state index contributed by atoms with van der Waals surface area (Å²) >= 11 is 0. The van der Waals surface area contributed by atoms with Crippen LogP contribution in [0, 0.1) is 0 Å². The minimum atomic E-state index is -0.832. The summed E-state index contributed by atoms with van der Waals surface area (Å²) in [6, 6.07) is 0. The van der Waals surface area contributed by atoms with E-state index in [-0.39, 0.29) is 31.0 Å². The molecule has 0 saturated carbocycles. The second kappa shape index (κ2) is 7.15. The molecule has 7 heteroatoms. The van der Waals surface area contributed by atoms with Crippen molar-refractivity contribution < 1.29 is 28.9 Å². The zero-order valence-electron chi connectivity index (χ0n) is 14.9. The monoisotopic (exact) mass is 353 g/mol. The van der Waals surface area contributed by atoms with Crippen molar-refractivity contribution >= 4 is 11.7 Å². The zero-order chi connectivity index (χ0) is 18.1. The molecule has 2 saturated heterocycles. The van der Waals surface area contributed by atoms with Gasteiger partial charge in [0.15, 0.2) is 18.3 Å². The van der Waals surface area contributed by atoms with Crippen LogP contribution in [0.2, 0.25) is 0 Å². The topological polar surface area (TPSA) is 85.3 Å². The minimum Gasteiger partial charge on any atom is -0.393 e. The van der Waals surface area contributed by atoms with Crippen LogP contribution < -0.4 is 0 Å². The highest BCUT2D eigenvalue weighted by Gasteiger charge is 2.57. The lowest BCUT2D eigenvalue weighted by atomic mass is 9.89. The number of hydrogen-bond acceptors (Lipinski definition) is 6. The normalized spacial score (nSPS) is 39.2. The van der Waals surface area contributed by atoms with Crippen LogP contribution >= 0.6 is 0 Å². The van der Waals surface area contributed by atoms with E-state index in [1.165, 1.54) is 17.2 Å². The number of allylic oxidation sites excluding steroid dienone is 1. The van der Waals surface area contributed by atoms with Crippen molar-refractivity contribution in [2.45, 2.75) is 76.1 Å². The maximum absolute atomic E-state index is 12.4. The van der Waals surface area contributed by atoms with Gasteiger partial charge < -0.3 is 19.3 Å². The Bertz CT molecular complexity index is 552. The Morgan fingerprint density at radius 3 is 2.80 bits per heavy atom. The fourth-order valence-corrected chi connectivity index (χ4v) is 3.85. The van der Waals surface area contributed by atoms with E-state index in [4.69, 9.17) is 14.2 Å². The van der Waals surface area contributed by atoms with Crippen LogP contribution in [0.1, 0.15) is 52.4 Å². The molecule has 1 unspecified atom stereocenters. The molecular formula is C18H27NO6. The highest BCUT2D eigenvalue weighted by Crippen LogP contribution is 2.45. The SMILES string of the molecule is CC[C@]1(CO)C[C@@](C)(OC2CCCCO2)[C@H](N2C=CC(=O)CC2=O)O1. The maximum Gasteiger partial charge on any atom is 0.236 e. The predicted octanol–water partition coefficient (Wildman–Crippen LogP) is 1.49. The lowest BCUT2D eigenvalue weighted by molar-refractivity contribution is -0.246. The van der Waals surface area contributed by atoms with Gasteiger partial charge in [-0.25, -0.2) is 0 Å². The van der Waals surface area contributed by atoms with Gasteiger partial charge in [0.25, 0.3) is 0 Å². The summed E-state index contributed by atoms with van der Waals surface area (Å²) in [6.07, 6.45) is 5.50. The summed E-state index contributed by atoms with van der Waals surface area (Å²) in [6.45, 7) is 4.32. The molecule has 0 aliphatic carbocycles.